The lowest BCUT2D eigenvalue weighted by atomic mass is 10.1. The zero-order chi connectivity index (χ0) is 30.0. The molecule has 1 N–H and O–H groups in total. The number of rotatable bonds is 13. The Kier molecular flexibility index (Phi) is 10.6. The molecule has 4 rings (SSSR count). The van der Waals surface area contributed by atoms with Crippen molar-refractivity contribution in [2.45, 2.75) is 25.6 Å². The Bertz CT molecular complexity index is 1480. The van der Waals surface area contributed by atoms with Crippen molar-refractivity contribution in [3.63, 3.8) is 0 Å². The van der Waals surface area contributed by atoms with Crippen molar-refractivity contribution < 1.29 is 27.5 Å². The Morgan fingerprint density at radius 3 is 2.33 bits per heavy atom. The SMILES string of the molecule is COCCCN(CC(=O)N(CCc1c[nH]c2ccccc12)Cc1ccc(C(F)(F)F)cc1)C(=O)C=Cc1ccccc1. The Labute approximate surface area is 243 Å². The number of amides is 2. The van der Waals surface area contributed by atoms with Crippen LogP contribution in [-0.4, -0.2) is 59.9 Å². The first kappa shape index (κ1) is 30.6. The van der Waals surface area contributed by atoms with E-state index in [2.05, 4.69) is 4.98 Å². The van der Waals surface area contributed by atoms with Crippen molar-refractivity contribution in [3.8, 4) is 0 Å². The van der Waals surface area contributed by atoms with E-state index in [0.717, 1.165) is 34.2 Å². The third-order valence-corrected chi connectivity index (χ3v) is 6.97. The van der Waals surface area contributed by atoms with Gasteiger partial charge in [0.1, 0.15) is 6.54 Å². The molecule has 9 heteroatoms. The van der Waals surface area contributed by atoms with E-state index >= 15 is 0 Å². The molecule has 0 atom stereocenters. The number of hydrogen-bond acceptors (Lipinski definition) is 3. The molecule has 0 saturated heterocycles. The minimum Gasteiger partial charge on any atom is -0.385 e. The van der Waals surface area contributed by atoms with E-state index in [-0.39, 0.29) is 24.9 Å². The molecule has 0 saturated carbocycles. The van der Waals surface area contributed by atoms with Crippen molar-refractivity contribution in [1.82, 2.24) is 14.8 Å². The van der Waals surface area contributed by atoms with Gasteiger partial charge in [-0.3, -0.25) is 9.59 Å². The summed E-state index contributed by atoms with van der Waals surface area (Å²) in [5, 5.41) is 1.04. The molecule has 2 amide bonds. The van der Waals surface area contributed by atoms with Crippen LogP contribution in [0.1, 0.15) is 28.7 Å². The third kappa shape index (κ3) is 8.57. The number of H-pyrrole nitrogens is 1. The van der Waals surface area contributed by atoms with Gasteiger partial charge in [-0.05, 0) is 53.8 Å². The number of nitrogens with one attached hydrogen (secondary N) is 1. The molecule has 0 aliphatic carbocycles. The molecule has 0 spiro atoms. The zero-order valence-electron chi connectivity index (χ0n) is 23.4. The van der Waals surface area contributed by atoms with Gasteiger partial charge in [-0.25, -0.2) is 0 Å². The lowest BCUT2D eigenvalue weighted by Gasteiger charge is -2.27. The summed E-state index contributed by atoms with van der Waals surface area (Å²) in [5.41, 5.74) is 2.68. The number of alkyl halides is 3. The first-order valence-electron chi connectivity index (χ1n) is 13.7. The average molecular weight is 578 g/mol. The number of para-hydroxylation sites is 1. The first-order chi connectivity index (χ1) is 20.2. The summed E-state index contributed by atoms with van der Waals surface area (Å²) in [6.07, 6.45) is 1.68. The second kappa shape index (κ2) is 14.5. The van der Waals surface area contributed by atoms with Crippen molar-refractivity contribution in [2.24, 2.45) is 0 Å². The van der Waals surface area contributed by atoms with Crippen molar-refractivity contribution in [3.05, 3.63) is 113 Å². The summed E-state index contributed by atoms with van der Waals surface area (Å²) in [5.74, 6) is -0.608. The maximum Gasteiger partial charge on any atom is 0.416 e. The predicted molar refractivity (Wildman–Crippen MR) is 157 cm³/mol. The number of ether oxygens (including phenoxy) is 1. The highest BCUT2D eigenvalue weighted by atomic mass is 19.4. The molecule has 6 nitrogen and oxygen atoms in total. The summed E-state index contributed by atoms with van der Waals surface area (Å²) in [4.78, 5) is 33.2. The summed E-state index contributed by atoms with van der Waals surface area (Å²) >= 11 is 0. The molecule has 0 bridgehead atoms. The predicted octanol–water partition coefficient (Wildman–Crippen LogP) is 6.34. The van der Waals surface area contributed by atoms with Gasteiger partial charge in [-0.2, -0.15) is 13.2 Å². The van der Waals surface area contributed by atoms with E-state index in [1.54, 1.807) is 18.1 Å². The molecule has 0 aliphatic rings. The largest absolute Gasteiger partial charge is 0.416 e. The molecule has 220 valence electrons. The quantitative estimate of drug-likeness (QED) is 0.149. The number of aromatic nitrogens is 1. The van der Waals surface area contributed by atoms with Gasteiger partial charge < -0.3 is 19.5 Å². The van der Waals surface area contributed by atoms with Crippen LogP contribution in [0.5, 0.6) is 0 Å². The van der Waals surface area contributed by atoms with E-state index in [1.807, 2.05) is 60.8 Å². The van der Waals surface area contributed by atoms with E-state index in [4.69, 9.17) is 4.74 Å². The maximum absolute atomic E-state index is 13.7. The Morgan fingerprint density at radius 2 is 1.62 bits per heavy atom. The highest BCUT2D eigenvalue weighted by molar-refractivity contribution is 5.94. The number of hydrogen-bond donors (Lipinski definition) is 1. The summed E-state index contributed by atoms with van der Waals surface area (Å²) in [6, 6.07) is 22.0. The van der Waals surface area contributed by atoms with E-state index in [0.29, 0.717) is 38.1 Å². The number of nitrogens with zero attached hydrogens (tertiary/aromatic N) is 2. The number of benzene rings is 3. The second-order valence-corrected chi connectivity index (χ2v) is 9.97. The van der Waals surface area contributed by atoms with Crippen LogP contribution in [0, 0.1) is 0 Å². The molecule has 42 heavy (non-hydrogen) atoms. The number of methoxy groups -OCH3 is 1. The third-order valence-electron chi connectivity index (χ3n) is 6.97. The summed E-state index contributed by atoms with van der Waals surface area (Å²) in [7, 11) is 1.57. The van der Waals surface area contributed by atoms with Gasteiger partial charge in [0.2, 0.25) is 11.8 Å². The first-order valence-corrected chi connectivity index (χ1v) is 13.7. The minimum absolute atomic E-state index is 0.110. The molecule has 0 aliphatic heterocycles. The van der Waals surface area contributed by atoms with Crippen LogP contribution < -0.4 is 0 Å². The van der Waals surface area contributed by atoms with Crippen LogP contribution in [0.15, 0.2) is 91.1 Å². The Morgan fingerprint density at radius 1 is 0.905 bits per heavy atom. The molecule has 1 aromatic heterocycles. The zero-order valence-corrected chi connectivity index (χ0v) is 23.4. The maximum atomic E-state index is 13.7. The summed E-state index contributed by atoms with van der Waals surface area (Å²) in [6.45, 7) is 1.00. The monoisotopic (exact) mass is 577 g/mol. The average Bonchev–Trinajstić information content (AvgIpc) is 3.41. The van der Waals surface area contributed by atoms with Gasteiger partial charge >= 0.3 is 6.18 Å². The molecule has 4 aromatic rings. The highest BCUT2D eigenvalue weighted by Gasteiger charge is 2.30. The van der Waals surface area contributed by atoms with Gasteiger partial charge in [0.15, 0.2) is 0 Å². The molecule has 3 aromatic carbocycles. The fourth-order valence-electron chi connectivity index (χ4n) is 4.67. The standard InChI is InChI=1S/C33H34F3N3O3/c1-42-21-7-19-38(31(40)17-14-25-8-3-2-4-9-25)24-32(41)39(23-26-12-15-28(16-13-26)33(34,35)36)20-18-27-22-37-30-11-6-5-10-29(27)30/h2-6,8-17,22,37H,7,18-21,23-24H2,1H3. The molecular weight excluding hydrogens is 543 g/mol. The molecule has 1 heterocycles. The van der Waals surface area contributed by atoms with Crippen LogP contribution in [0.2, 0.25) is 0 Å². The Balaban J connectivity index is 1.53. The van der Waals surface area contributed by atoms with Crippen molar-refractivity contribution >= 4 is 28.8 Å². The topological polar surface area (TPSA) is 65.6 Å². The van der Waals surface area contributed by atoms with Crippen LogP contribution in [0.25, 0.3) is 17.0 Å². The fraction of sp³-hybridized carbons (Fsp3) is 0.273. The second-order valence-electron chi connectivity index (χ2n) is 9.97. The minimum atomic E-state index is -4.44. The van der Waals surface area contributed by atoms with E-state index < -0.39 is 11.7 Å². The number of carbonyl (C=O) groups is 2. The van der Waals surface area contributed by atoms with E-state index in [9.17, 15) is 22.8 Å². The van der Waals surface area contributed by atoms with Gasteiger partial charge in [0.05, 0.1) is 5.56 Å². The van der Waals surface area contributed by atoms with Crippen LogP contribution >= 0.6 is 0 Å². The van der Waals surface area contributed by atoms with Gasteiger partial charge in [0, 0.05) is 56.5 Å². The van der Waals surface area contributed by atoms with Gasteiger partial charge in [-0.1, -0.05) is 60.7 Å². The van der Waals surface area contributed by atoms with Crippen LogP contribution in [0.4, 0.5) is 13.2 Å². The number of fused-ring (bicyclic) bond motifs is 1. The van der Waals surface area contributed by atoms with Crippen LogP contribution in [0.3, 0.4) is 0 Å². The Hall–Kier alpha value is -4.37. The molecule has 0 radical (unpaired) electrons. The van der Waals surface area contributed by atoms with Gasteiger partial charge in [0.25, 0.3) is 0 Å². The van der Waals surface area contributed by atoms with E-state index in [1.165, 1.54) is 23.1 Å². The fourth-order valence-corrected chi connectivity index (χ4v) is 4.67. The molecule has 0 unspecified atom stereocenters. The van der Waals surface area contributed by atoms with Gasteiger partial charge in [-0.15, -0.1) is 0 Å². The molecule has 0 fully saturated rings. The lowest BCUT2D eigenvalue weighted by Crippen LogP contribution is -2.43. The molecular formula is C33H34F3N3O3. The normalized spacial score (nSPS) is 11.7. The number of aromatic amines is 1. The number of halogens is 3. The van der Waals surface area contributed by atoms with Crippen molar-refractivity contribution in [1.29, 1.82) is 0 Å². The van der Waals surface area contributed by atoms with Crippen molar-refractivity contribution in [2.75, 3.05) is 33.4 Å². The lowest BCUT2D eigenvalue weighted by molar-refractivity contribution is -0.138. The highest BCUT2D eigenvalue weighted by Crippen LogP contribution is 2.29. The number of carbonyl (C=O) groups excluding carboxylic acids is 2. The smallest absolute Gasteiger partial charge is 0.385 e. The van der Waals surface area contributed by atoms with Crippen LogP contribution in [-0.2, 0) is 33.5 Å². The summed E-state index contributed by atoms with van der Waals surface area (Å²) < 4.78 is 44.5.